The van der Waals surface area contributed by atoms with Gasteiger partial charge in [0.1, 0.15) is 0 Å². The fraction of sp³-hybridized carbons (Fsp3) is 0.261. The minimum atomic E-state index is -0.226. The highest BCUT2D eigenvalue weighted by Gasteiger charge is 2.41. The average Bonchev–Trinajstić information content (AvgIpc) is 3.46. The van der Waals surface area contributed by atoms with Gasteiger partial charge in [0.2, 0.25) is 5.95 Å². The van der Waals surface area contributed by atoms with Gasteiger partial charge in [-0.1, -0.05) is 42.3 Å². The Balaban J connectivity index is 1.49. The lowest BCUT2D eigenvalue weighted by atomic mass is 9.78. The van der Waals surface area contributed by atoms with Gasteiger partial charge in [-0.25, -0.2) is 9.97 Å². The van der Waals surface area contributed by atoms with Crippen molar-refractivity contribution >= 4 is 5.95 Å². The van der Waals surface area contributed by atoms with Crippen LogP contribution >= 0.6 is 0 Å². The van der Waals surface area contributed by atoms with E-state index in [1.54, 1.807) is 18.6 Å². The molecular weight excluding hydrogens is 376 g/mol. The summed E-state index contributed by atoms with van der Waals surface area (Å²) < 4.78 is 5.62. The second kappa shape index (κ2) is 7.33. The summed E-state index contributed by atoms with van der Waals surface area (Å²) in [5, 5.41) is 4.39. The largest absolute Gasteiger partial charge is 0.368 e. The number of anilines is 1. The van der Waals surface area contributed by atoms with Gasteiger partial charge < -0.3 is 10.3 Å². The smallest absolute Gasteiger partial charge is 0.259 e. The van der Waals surface area contributed by atoms with Crippen molar-refractivity contribution in [1.82, 2.24) is 25.1 Å². The average molecular weight is 398 g/mol. The van der Waals surface area contributed by atoms with E-state index >= 15 is 0 Å². The maximum absolute atomic E-state index is 5.62. The molecule has 3 heterocycles. The van der Waals surface area contributed by atoms with Gasteiger partial charge in [-0.15, -0.1) is 0 Å². The molecule has 0 aliphatic heterocycles. The first-order valence-corrected chi connectivity index (χ1v) is 10.1. The topological polar surface area (TPSA) is 104 Å². The van der Waals surface area contributed by atoms with Crippen LogP contribution in [0.2, 0.25) is 0 Å². The van der Waals surface area contributed by atoms with Crippen molar-refractivity contribution in [3.8, 4) is 22.6 Å². The number of pyridine rings is 1. The SMILES string of the molecule is Cc1ccc(-c2nc(C3(c4ccc(-c5cnc(N)nc5)cc4)CCCC3)no2)cn1. The molecule has 0 atom stereocenters. The van der Waals surface area contributed by atoms with Crippen LogP contribution in [0.1, 0.15) is 42.8 Å². The molecule has 1 aliphatic rings. The Kier molecular flexibility index (Phi) is 4.50. The molecule has 7 heteroatoms. The number of aromatic nitrogens is 5. The zero-order valence-corrected chi connectivity index (χ0v) is 16.7. The number of hydrogen-bond acceptors (Lipinski definition) is 7. The number of hydrogen-bond donors (Lipinski definition) is 1. The molecule has 5 rings (SSSR count). The summed E-state index contributed by atoms with van der Waals surface area (Å²) in [7, 11) is 0. The van der Waals surface area contributed by atoms with E-state index in [4.69, 9.17) is 15.2 Å². The predicted octanol–water partition coefficient (Wildman–Crippen LogP) is 4.34. The normalized spacial score (nSPS) is 15.4. The van der Waals surface area contributed by atoms with Gasteiger partial charge in [0.25, 0.3) is 5.89 Å². The number of aryl methyl sites for hydroxylation is 1. The fourth-order valence-electron chi connectivity index (χ4n) is 4.22. The number of rotatable bonds is 4. The molecule has 4 aromatic rings. The summed E-state index contributed by atoms with van der Waals surface area (Å²) in [6, 6.07) is 12.4. The highest BCUT2D eigenvalue weighted by molar-refractivity contribution is 5.63. The maximum Gasteiger partial charge on any atom is 0.259 e. The van der Waals surface area contributed by atoms with E-state index in [9.17, 15) is 0 Å². The first-order chi connectivity index (χ1) is 14.6. The van der Waals surface area contributed by atoms with Crippen LogP contribution in [0.5, 0.6) is 0 Å². The third-order valence-corrected chi connectivity index (χ3v) is 5.91. The van der Waals surface area contributed by atoms with Crippen LogP contribution in [0.25, 0.3) is 22.6 Å². The molecule has 3 aromatic heterocycles. The molecule has 0 amide bonds. The van der Waals surface area contributed by atoms with E-state index < -0.39 is 0 Å². The van der Waals surface area contributed by atoms with Gasteiger partial charge in [0.15, 0.2) is 5.82 Å². The Bertz CT molecular complexity index is 1140. The van der Waals surface area contributed by atoms with Crippen LogP contribution in [0.3, 0.4) is 0 Å². The van der Waals surface area contributed by atoms with Gasteiger partial charge >= 0.3 is 0 Å². The summed E-state index contributed by atoms with van der Waals surface area (Å²) in [6.45, 7) is 1.96. The molecule has 1 fully saturated rings. The molecule has 30 heavy (non-hydrogen) atoms. The molecule has 1 aromatic carbocycles. The van der Waals surface area contributed by atoms with Gasteiger partial charge in [0.05, 0.1) is 11.0 Å². The molecule has 1 saturated carbocycles. The summed E-state index contributed by atoms with van der Waals surface area (Å²) >= 11 is 0. The van der Waals surface area contributed by atoms with Crippen LogP contribution < -0.4 is 5.73 Å². The quantitative estimate of drug-likeness (QED) is 0.545. The lowest BCUT2D eigenvalue weighted by molar-refractivity contribution is 0.395. The number of nitrogens with zero attached hydrogens (tertiary/aromatic N) is 5. The van der Waals surface area contributed by atoms with E-state index in [1.165, 1.54) is 5.56 Å². The molecule has 0 saturated heterocycles. The Labute approximate surface area is 174 Å². The van der Waals surface area contributed by atoms with Crippen LogP contribution in [0.4, 0.5) is 5.95 Å². The van der Waals surface area contributed by atoms with Crippen molar-refractivity contribution in [3.05, 3.63) is 72.1 Å². The fourth-order valence-corrected chi connectivity index (χ4v) is 4.22. The van der Waals surface area contributed by atoms with Crippen molar-refractivity contribution in [1.29, 1.82) is 0 Å². The molecule has 0 spiro atoms. The van der Waals surface area contributed by atoms with Crippen LogP contribution in [-0.2, 0) is 5.41 Å². The summed E-state index contributed by atoms with van der Waals surface area (Å²) in [5.74, 6) is 1.54. The maximum atomic E-state index is 5.62. The van der Waals surface area contributed by atoms with Crippen LogP contribution in [-0.4, -0.2) is 25.1 Å². The Morgan fingerprint density at radius 1 is 0.833 bits per heavy atom. The second-order valence-corrected chi connectivity index (χ2v) is 7.81. The lowest BCUT2D eigenvalue weighted by Gasteiger charge is -2.26. The monoisotopic (exact) mass is 398 g/mol. The third-order valence-electron chi connectivity index (χ3n) is 5.91. The lowest BCUT2D eigenvalue weighted by Crippen LogP contribution is -2.25. The van der Waals surface area contributed by atoms with E-state index in [0.717, 1.165) is 53.9 Å². The summed E-state index contributed by atoms with van der Waals surface area (Å²) in [6.07, 6.45) is 9.54. The molecule has 0 unspecified atom stereocenters. The summed E-state index contributed by atoms with van der Waals surface area (Å²) in [5.41, 5.74) is 10.4. The molecule has 0 bridgehead atoms. The van der Waals surface area contributed by atoms with E-state index in [1.807, 2.05) is 19.1 Å². The molecule has 2 N–H and O–H groups in total. The standard InChI is InChI=1S/C23H22N6O/c1-15-4-5-17(12-25-15)20-28-21(29-30-20)23(10-2-3-11-23)19-8-6-16(7-9-19)18-13-26-22(24)27-14-18/h4-9,12-14H,2-3,10-11H2,1H3,(H2,24,26,27). The first-order valence-electron chi connectivity index (χ1n) is 10.1. The van der Waals surface area contributed by atoms with Crippen molar-refractivity contribution in [3.63, 3.8) is 0 Å². The van der Waals surface area contributed by atoms with Gasteiger partial charge in [-0.05, 0) is 43.0 Å². The van der Waals surface area contributed by atoms with Crippen molar-refractivity contribution in [2.24, 2.45) is 0 Å². The Morgan fingerprint density at radius 2 is 1.50 bits per heavy atom. The first kappa shape index (κ1) is 18.4. The predicted molar refractivity (Wildman–Crippen MR) is 113 cm³/mol. The van der Waals surface area contributed by atoms with Crippen molar-refractivity contribution in [2.45, 2.75) is 38.0 Å². The van der Waals surface area contributed by atoms with Crippen LogP contribution in [0, 0.1) is 6.92 Å². The van der Waals surface area contributed by atoms with Crippen molar-refractivity contribution in [2.75, 3.05) is 5.73 Å². The molecule has 7 nitrogen and oxygen atoms in total. The number of nitrogens with two attached hydrogens (primary N) is 1. The Morgan fingerprint density at radius 3 is 2.17 bits per heavy atom. The minimum Gasteiger partial charge on any atom is -0.368 e. The molecule has 150 valence electrons. The number of nitrogen functional groups attached to an aromatic ring is 1. The molecule has 0 radical (unpaired) electrons. The van der Waals surface area contributed by atoms with Gasteiger partial charge in [-0.3, -0.25) is 4.98 Å². The molecule has 1 aliphatic carbocycles. The van der Waals surface area contributed by atoms with E-state index in [0.29, 0.717) is 5.89 Å². The van der Waals surface area contributed by atoms with Crippen LogP contribution in [0.15, 0.2) is 59.5 Å². The molecular formula is C23H22N6O. The highest BCUT2D eigenvalue weighted by atomic mass is 16.5. The highest BCUT2D eigenvalue weighted by Crippen LogP contribution is 2.45. The van der Waals surface area contributed by atoms with E-state index in [-0.39, 0.29) is 11.4 Å². The van der Waals surface area contributed by atoms with E-state index in [2.05, 4.69) is 44.4 Å². The van der Waals surface area contributed by atoms with Gasteiger partial charge in [0, 0.05) is 29.8 Å². The summed E-state index contributed by atoms with van der Waals surface area (Å²) in [4.78, 5) is 17.3. The van der Waals surface area contributed by atoms with Gasteiger partial charge in [-0.2, -0.15) is 4.98 Å². The van der Waals surface area contributed by atoms with Crippen molar-refractivity contribution < 1.29 is 4.52 Å². The number of benzene rings is 1. The Hall–Kier alpha value is -3.61. The third kappa shape index (κ3) is 3.22. The zero-order valence-electron chi connectivity index (χ0n) is 16.7. The second-order valence-electron chi connectivity index (χ2n) is 7.81. The zero-order chi connectivity index (χ0) is 20.6. The minimum absolute atomic E-state index is 0.226.